The minimum atomic E-state index is -0.265. The Hall–Kier alpha value is -2.40. The molecule has 3 aromatic rings. The molecular formula is C15H13ClN2O3. The second-order valence-electron chi connectivity index (χ2n) is 4.46. The first-order chi connectivity index (χ1) is 10.1. The molecule has 0 bridgehead atoms. The number of benzene rings is 2. The molecule has 0 atom stereocenters. The predicted molar refractivity (Wildman–Crippen MR) is 82.0 cm³/mol. The molecule has 0 radical (unpaired) electrons. The van der Waals surface area contributed by atoms with Gasteiger partial charge in [-0.15, -0.1) is 0 Å². The molecular weight excluding hydrogens is 292 g/mol. The summed E-state index contributed by atoms with van der Waals surface area (Å²) in [7, 11) is 3.13. The van der Waals surface area contributed by atoms with Crippen molar-refractivity contribution in [2.24, 2.45) is 0 Å². The van der Waals surface area contributed by atoms with E-state index in [2.05, 4.69) is 4.98 Å². The van der Waals surface area contributed by atoms with Crippen molar-refractivity contribution in [2.45, 2.75) is 0 Å². The Bertz CT molecular complexity index is 867. The second kappa shape index (κ2) is 5.18. The third-order valence-electron chi connectivity index (χ3n) is 3.27. The molecule has 0 fully saturated rings. The Balaban J connectivity index is 2.32. The van der Waals surface area contributed by atoms with Gasteiger partial charge in [-0.3, -0.25) is 4.57 Å². The number of nitrogens with one attached hydrogen (secondary N) is 1. The van der Waals surface area contributed by atoms with Gasteiger partial charge in [-0.1, -0.05) is 11.6 Å². The number of ether oxygens (including phenoxy) is 2. The van der Waals surface area contributed by atoms with Crippen LogP contribution in [0.4, 0.5) is 0 Å². The molecule has 1 N–H and O–H groups in total. The fourth-order valence-electron chi connectivity index (χ4n) is 2.29. The van der Waals surface area contributed by atoms with Crippen molar-refractivity contribution >= 4 is 22.6 Å². The number of imidazole rings is 1. The monoisotopic (exact) mass is 304 g/mol. The molecule has 5 nitrogen and oxygen atoms in total. The van der Waals surface area contributed by atoms with Crippen molar-refractivity contribution < 1.29 is 9.47 Å². The molecule has 6 heteroatoms. The molecule has 0 aliphatic carbocycles. The van der Waals surface area contributed by atoms with E-state index in [-0.39, 0.29) is 5.69 Å². The number of hydrogen-bond acceptors (Lipinski definition) is 3. The Morgan fingerprint density at radius 2 is 1.90 bits per heavy atom. The van der Waals surface area contributed by atoms with Crippen molar-refractivity contribution in [1.82, 2.24) is 9.55 Å². The number of hydrogen-bond donors (Lipinski definition) is 1. The Kier molecular flexibility index (Phi) is 3.35. The van der Waals surface area contributed by atoms with Crippen LogP contribution in [0, 0.1) is 0 Å². The molecule has 1 heterocycles. The summed E-state index contributed by atoms with van der Waals surface area (Å²) in [5, 5.41) is 0.528. The third-order valence-corrected chi connectivity index (χ3v) is 3.51. The third kappa shape index (κ3) is 2.25. The number of nitrogens with zero attached hydrogens (tertiary/aromatic N) is 1. The van der Waals surface area contributed by atoms with Crippen molar-refractivity contribution in [3.8, 4) is 17.2 Å². The van der Waals surface area contributed by atoms with Crippen LogP contribution in [0.2, 0.25) is 5.02 Å². The predicted octanol–water partition coefficient (Wildman–Crippen LogP) is 2.99. The summed E-state index contributed by atoms with van der Waals surface area (Å²) in [5.41, 5.74) is 1.73. The lowest BCUT2D eigenvalue weighted by molar-refractivity contribution is 0.413. The van der Waals surface area contributed by atoms with Crippen LogP contribution in [-0.2, 0) is 0 Å². The van der Waals surface area contributed by atoms with E-state index in [1.807, 2.05) is 6.07 Å². The van der Waals surface area contributed by atoms with Crippen LogP contribution in [0.3, 0.4) is 0 Å². The largest absolute Gasteiger partial charge is 0.497 e. The van der Waals surface area contributed by atoms with Gasteiger partial charge in [0, 0.05) is 11.1 Å². The summed E-state index contributed by atoms with van der Waals surface area (Å²) in [4.78, 5) is 15.1. The van der Waals surface area contributed by atoms with Crippen LogP contribution in [0.15, 0.2) is 41.2 Å². The van der Waals surface area contributed by atoms with E-state index in [4.69, 9.17) is 21.1 Å². The van der Waals surface area contributed by atoms with Gasteiger partial charge in [0.1, 0.15) is 11.5 Å². The van der Waals surface area contributed by atoms with Gasteiger partial charge in [-0.25, -0.2) is 4.79 Å². The number of fused-ring (bicyclic) bond motifs is 1. The number of halogens is 1. The maximum Gasteiger partial charge on any atom is 0.331 e. The van der Waals surface area contributed by atoms with E-state index in [1.54, 1.807) is 44.6 Å². The molecule has 21 heavy (non-hydrogen) atoms. The van der Waals surface area contributed by atoms with Gasteiger partial charge >= 0.3 is 5.69 Å². The number of rotatable bonds is 3. The van der Waals surface area contributed by atoms with Crippen molar-refractivity contribution in [2.75, 3.05) is 14.2 Å². The van der Waals surface area contributed by atoms with E-state index < -0.39 is 0 Å². The zero-order valence-corrected chi connectivity index (χ0v) is 12.3. The van der Waals surface area contributed by atoms with Crippen LogP contribution in [0.5, 0.6) is 11.5 Å². The van der Waals surface area contributed by atoms with E-state index in [9.17, 15) is 4.79 Å². The Morgan fingerprint density at radius 1 is 1.10 bits per heavy atom. The first kappa shape index (κ1) is 13.6. The average molecular weight is 305 g/mol. The SMILES string of the molecule is COc1ccc2c(c1)[nH]c(=O)n2-c1cc(Cl)ccc1OC. The average Bonchev–Trinajstić information content (AvgIpc) is 2.81. The number of aromatic amines is 1. The standard InChI is InChI=1S/C15H13ClN2O3/c1-20-10-4-5-12-11(8-10)17-15(19)18(12)13-7-9(16)3-6-14(13)21-2/h3-8H,1-2H3,(H,17,19). The highest BCUT2D eigenvalue weighted by molar-refractivity contribution is 6.30. The normalized spacial score (nSPS) is 10.8. The van der Waals surface area contributed by atoms with Gasteiger partial charge in [0.25, 0.3) is 0 Å². The zero-order valence-electron chi connectivity index (χ0n) is 11.5. The number of methoxy groups -OCH3 is 2. The number of aromatic nitrogens is 2. The van der Waals surface area contributed by atoms with Crippen LogP contribution >= 0.6 is 11.6 Å². The molecule has 0 spiro atoms. The fraction of sp³-hybridized carbons (Fsp3) is 0.133. The molecule has 0 unspecified atom stereocenters. The summed E-state index contributed by atoms with van der Waals surface area (Å²) in [6, 6.07) is 10.5. The van der Waals surface area contributed by atoms with Crippen molar-refractivity contribution in [3.63, 3.8) is 0 Å². The molecule has 1 aromatic heterocycles. The Labute approximate surface area is 125 Å². The number of H-pyrrole nitrogens is 1. The lowest BCUT2D eigenvalue weighted by Crippen LogP contribution is -2.15. The molecule has 0 amide bonds. The second-order valence-corrected chi connectivity index (χ2v) is 4.90. The summed E-state index contributed by atoms with van der Waals surface area (Å²) in [5.74, 6) is 1.24. The van der Waals surface area contributed by atoms with Gasteiger partial charge in [0.15, 0.2) is 0 Å². The van der Waals surface area contributed by atoms with Gasteiger partial charge in [0.2, 0.25) is 0 Å². The highest BCUT2D eigenvalue weighted by Gasteiger charge is 2.14. The minimum Gasteiger partial charge on any atom is -0.497 e. The van der Waals surface area contributed by atoms with Crippen LogP contribution in [0.1, 0.15) is 0 Å². The smallest absolute Gasteiger partial charge is 0.331 e. The van der Waals surface area contributed by atoms with Gasteiger partial charge in [-0.2, -0.15) is 0 Å². The molecule has 0 aliphatic rings. The molecule has 108 valence electrons. The zero-order chi connectivity index (χ0) is 15.0. The lowest BCUT2D eigenvalue weighted by Gasteiger charge is -2.10. The van der Waals surface area contributed by atoms with Gasteiger partial charge < -0.3 is 14.5 Å². The topological polar surface area (TPSA) is 56.2 Å². The summed E-state index contributed by atoms with van der Waals surface area (Å²) < 4.78 is 12.0. The van der Waals surface area contributed by atoms with E-state index >= 15 is 0 Å². The van der Waals surface area contributed by atoms with E-state index in [0.717, 1.165) is 5.52 Å². The lowest BCUT2D eigenvalue weighted by atomic mass is 10.2. The minimum absolute atomic E-state index is 0.265. The van der Waals surface area contributed by atoms with E-state index in [0.29, 0.717) is 27.7 Å². The van der Waals surface area contributed by atoms with Crippen molar-refractivity contribution in [3.05, 3.63) is 51.9 Å². The van der Waals surface area contributed by atoms with E-state index in [1.165, 1.54) is 4.57 Å². The highest BCUT2D eigenvalue weighted by Crippen LogP contribution is 2.28. The first-order valence-electron chi connectivity index (χ1n) is 6.26. The highest BCUT2D eigenvalue weighted by atomic mass is 35.5. The van der Waals surface area contributed by atoms with Gasteiger partial charge in [-0.05, 0) is 30.3 Å². The molecule has 0 aliphatic heterocycles. The fourth-order valence-corrected chi connectivity index (χ4v) is 2.46. The summed E-state index contributed by atoms with van der Waals surface area (Å²) >= 11 is 6.04. The Morgan fingerprint density at radius 3 is 2.62 bits per heavy atom. The van der Waals surface area contributed by atoms with Gasteiger partial charge in [0.05, 0.1) is 30.9 Å². The molecule has 0 saturated carbocycles. The maximum absolute atomic E-state index is 12.3. The van der Waals surface area contributed by atoms with Crippen LogP contribution in [-0.4, -0.2) is 23.8 Å². The molecule has 2 aromatic carbocycles. The molecule has 3 rings (SSSR count). The first-order valence-corrected chi connectivity index (χ1v) is 6.64. The van der Waals surface area contributed by atoms with Crippen molar-refractivity contribution in [1.29, 1.82) is 0 Å². The summed E-state index contributed by atoms with van der Waals surface area (Å²) in [6.07, 6.45) is 0. The molecule has 0 saturated heterocycles. The summed E-state index contributed by atoms with van der Waals surface area (Å²) in [6.45, 7) is 0. The maximum atomic E-state index is 12.3. The van der Waals surface area contributed by atoms with Crippen LogP contribution in [0.25, 0.3) is 16.7 Å². The quantitative estimate of drug-likeness (QED) is 0.809. The van der Waals surface area contributed by atoms with Crippen LogP contribution < -0.4 is 15.2 Å².